The number of fused-ring (bicyclic) bond motifs is 1. The lowest BCUT2D eigenvalue weighted by molar-refractivity contribution is 0.0526. The molecule has 2 aliphatic rings. The summed E-state index contributed by atoms with van der Waals surface area (Å²) >= 11 is 0. The van der Waals surface area contributed by atoms with Gasteiger partial charge in [-0.3, -0.25) is 0 Å². The maximum atomic E-state index is 9.74. The molecule has 76 valence electrons. The minimum Gasteiger partial charge on any atom is -0.390 e. The molecular formula is C11H14O3. The van der Waals surface area contributed by atoms with E-state index < -0.39 is 12.2 Å². The molecule has 0 amide bonds. The second kappa shape index (κ2) is 3.39. The van der Waals surface area contributed by atoms with Gasteiger partial charge in [0.15, 0.2) is 0 Å². The van der Waals surface area contributed by atoms with Crippen LogP contribution in [0, 0.1) is 17.8 Å². The van der Waals surface area contributed by atoms with Crippen molar-refractivity contribution in [3.63, 3.8) is 0 Å². The minimum absolute atomic E-state index is 0.159. The van der Waals surface area contributed by atoms with Crippen LogP contribution >= 0.6 is 0 Å². The average molecular weight is 194 g/mol. The summed E-state index contributed by atoms with van der Waals surface area (Å²) in [5.41, 5.74) is 0.769. The first-order valence-electron chi connectivity index (χ1n) is 4.78. The molecule has 0 aromatic heterocycles. The van der Waals surface area contributed by atoms with Gasteiger partial charge in [0.05, 0.1) is 18.1 Å². The van der Waals surface area contributed by atoms with Crippen LogP contribution in [0.4, 0.5) is 0 Å². The molecule has 14 heavy (non-hydrogen) atoms. The Morgan fingerprint density at radius 2 is 2.14 bits per heavy atom. The number of hydrogen-bond donors (Lipinski definition) is 2. The zero-order valence-electron chi connectivity index (χ0n) is 8.10. The van der Waals surface area contributed by atoms with Gasteiger partial charge in [-0.05, 0) is 18.9 Å². The summed E-state index contributed by atoms with van der Waals surface area (Å²) in [6.07, 6.45) is -0.915. The molecule has 0 spiro atoms. The van der Waals surface area contributed by atoms with Gasteiger partial charge in [-0.1, -0.05) is 18.4 Å². The summed E-state index contributed by atoms with van der Waals surface area (Å²) in [5.74, 6) is 5.56. The predicted molar refractivity (Wildman–Crippen MR) is 51.4 cm³/mol. The molecular weight excluding hydrogens is 180 g/mol. The molecule has 0 radical (unpaired) electrons. The third-order valence-corrected chi connectivity index (χ3v) is 2.66. The Hall–Kier alpha value is -0.820. The number of rotatable bonds is 0. The third kappa shape index (κ3) is 1.69. The van der Waals surface area contributed by atoms with E-state index in [-0.39, 0.29) is 18.1 Å². The average Bonchev–Trinajstić information content (AvgIpc) is 2.88. The fourth-order valence-electron chi connectivity index (χ4n) is 1.84. The topological polar surface area (TPSA) is 53.0 Å². The molecule has 0 bridgehead atoms. The Morgan fingerprint density at radius 3 is 2.79 bits per heavy atom. The van der Waals surface area contributed by atoms with Gasteiger partial charge in [0.2, 0.25) is 0 Å². The van der Waals surface area contributed by atoms with Gasteiger partial charge in [-0.25, -0.2) is 0 Å². The van der Waals surface area contributed by atoms with Crippen molar-refractivity contribution < 1.29 is 14.9 Å². The van der Waals surface area contributed by atoms with Crippen LogP contribution in [-0.4, -0.2) is 34.6 Å². The van der Waals surface area contributed by atoms with Gasteiger partial charge < -0.3 is 14.9 Å². The van der Waals surface area contributed by atoms with Crippen molar-refractivity contribution in [1.82, 2.24) is 0 Å². The molecule has 0 aromatic carbocycles. The highest BCUT2D eigenvalue weighted by Crippen LogP contribution is 2.39. The first-order chi connectivity index (χ1) is 6.59. The monoisotopic (exact) mass is 194 g/mol. The summed E-state index contributed by atoms with van der Waals surface area (Å²) in [6.45, 7) is 5.48. The van der Waals surface area contributed by atoms with Crippen molar-refractivity contribution in [1.29, 1.82) is 0 Å². The summed E-state index contributed by atoms with van der Waals surface area (Å²) in [5, 5.41) is 19.3. The quantitative estimate of drug-likeness (QED) is 0.424. The van der Waals surface area contributed by atoms with Crippen molar-refractivity contribution in [3.8, 4) is 11.8 Å². The van der Waals surface area contributed by atoms with Crippen LogP contribution in [0.3, 0.4) is 0 Å². The van der Waals surface area contributed by atoms with Crippen LogP contribution in [0.5, 0.6) is 0 Å². The van der Waals surface area contributed by atoms with Crippen LogP contribution in [0.25, 0.3) is 0 Å². The first kappa shape index (κ1) is 9.72. The van der Waals surface area contributed by atoms with Gasteiger partial charge in [-0.15, -0.1) is 0 Å². The molecule has 1 aliphatic heterocycles. The highest BCUT2D eigenvalue weighted by atomic mass is 16.6. The summed E-state index contributed by atoms with van der Waals surface area (Å²) < 4.78 is 5.15. The fourth-order valence-corrected chi connectivity index (χ4v) is 1.84. The van der Waals surface area contributed by atoms with Crippen molar-refractivity contribution in [3.05, 3.63) is 12.2 Å². The molecule has 0 aromatic rings. The van der Waals surface area contributed by atoms with E-state index in [2.05, 4.69) is 18.4 Å². The molecule has 3 nitrogen and oxygen atoms in total. The molecule has 1 saturated carbocycles. The van der Waals surface area contributed by atoms with E-state index in [0.29, 0.717) is 6.42 Å². The second-order valence-electron chi connectivity index (χ2n) is 4.02. The number of hydrogen-bond acceptors (Lipinski definition) is 3. The Balaban J connectivity index is 2.05. The second-order valence-corrected chi connectivity index (χ2v) is 4.02. The lowest BCUT2D eigenvalue weighted by Crippen LogP contribution is -2.38. The van der Waals surface area contributed by atoms with E-state index in [0.717, 1.165) is 5.57 Å². The van der Waals surface area contributed by atoms with Crippen molar-refractivity contribution in [2.24, 2.45) is 5.92 Å². The van der Waals surface area contributed by atoms with Gasteiger partial charge in [0.1, 0.15) is 12.2 Å². The normalized spacial score (nSPS) is 44.6. The molecule has 2 fully saturated rings. The molecule has 1 saturated heterocycles. The Morgan fingerprint density at radius 1 is 1.43 bits per heavy atom. The molecule has 1 heterocycles. The highest BCUT2D eigenvalue weighted by Gasteiger charge is 2.55. The van der Waals surface area contributed by atoms with E-state index in [4.69, 9.17) is 4.74 Å². The van der Waals surface area contributed by atoms with E-state index in [1.807, 2.05) is 6.92 Å². The molecule has 3 heteroatoms. The lowest BCUT2D eigenvalue weighted by Gasteiger charge is -2.23. The van der Waals surface area contributed by atoms with Crippen LogP contribution in [-0.2, 0) is 4.74 Å². The van der Waals surface area contributed by atoms with Crippen molar-refractivity contribution >= 4 is 0 Å². The van der Waals surface area contributed by atoms with Gasteiger partial charge >= 0.3 is 0 Å². The van der Waals surface area contributed by atoms with Crippen molar-refractivity contribution in [2.45, 2.75) is 37.8 Å². The number of aliphatic hydroxyl groups is 2. The van der Waals surface area contributed by atoms with Gasteiger partial charge in [0.25, 0.3) is 0 Å². The third-order valence-electron chi connectivity index (χ3n) is 2.66. The van der Waals surface area contributed by atoms with Crippen LogP contribution in [0.2, 0.25) is 0 Å². The molecule has 1 aliphatic carbocycles. The fraction of sp³-hybridized carbons (Fsp3) is 0.636. The van der Waals surface area contributed by atoms with E-state index in [1.165, 1.54) is 0 Å². The van der Waals surface area contributed by atoms with Gasteiger partial charge in [0, 0.05) is 0 Å². The maximum Gasteiger partial charge on any atom is 0.114 e. The van der Waals surface area contributed by atoms with Crippen LogP contribution in [0.1, 0.15) is 13.3 Å². The number of epoxide rings is 1. The molecule has 5 unspecified atom stereocenters. The number of ether oxygens (including phenoxy) is 1. The van der Waals surface area contributed by atoms with E-state index in [1.54, 1.807) is 0 Å². The predicted octanol–water partition coefficient (Wildman–Crippen LogP) is 0.0750. The molecule has 5 atom stereocenters. The maximum absolute atomic E-state index is 9.74. The van der Waals surface area contributed by atoms with Crippen molar-refractivity contribution in [2.75, 3.05) is 0 Å². The van der Waals surface area contributed by atoms with E-state index in [9.17, 15) is 10.2 Å². The summed E-state index contributed by atoms with van der Waals surface area (Å²) in [6, 6.07) is 0. The Kier molecular flexibility index (Phi) is 2.36. The highest BCUT2D eigenvalue weighted by molar-refractivity contribution is 5.26. The van der Waals surface area contributed by atoms with Gasteiger partial charge in [-0.2, -0.15) is 0 Å². The smallest absolute Gasteiger partial charge is 0.114 e. The Labute approximate surface area is 83.4 Å². The number of aliphatic hydroxyl groups excluding tert-OH is 2. The molecule has 2 rings (SSSR count). The SMILES string of the molecule is C=C(C)C#CC1CC(O)C2OC2C1O. The standard InChI is InChI=1S/C11H14O3/c1-6(2)3-4-7-5-8(12)10-11(14-10)9(7)13/h7-13H,1,5H2,2H3. The largest absolute Gasteiger partial charge is 0.390 e. The first-order valence-corrected chi connectivity index (χ1v) is 4.78. The minimum atomic E-state index is -0.560. The Bertz CT molecular complexity index is 312. The van der Waals surface area contributed by atoms with Crippen LogP contribution in [0.15, 0.2) is 12.2 Å². The summed E-state index contributed by atoms with van der Waals surface area (Å²) in [4.78, 5) is 0. The number of allylic oxidation sites excluding steroid dienone is 1. The molecule has 2 N–H and O–H groups in total. The van der Waals surface area contributed by atoms with Crippen LogP contribution < -0.4 is 0 Å². The zero-order chi connectivity index (χ0) is 10.3. The summed E-state index contributed by atoms with van der Waals surface area (Å²) in [7, 11) is 0. The van der Waals surface area contributed by atoms with E-state index >= 15 is 0 Å². The zero-order valence-corrected chi connectivity index (χ0v) is 8.10. The lowest BCUT2D eigenvalue weighted by atomic mass is 9.85.